The molecule has 6 rings (SSSR count). The number of hydrogen-bond acceptors (Lipinski definition) is 10. The normalized spacial score (nSPS) is 20.0. The molecule has 3 heterocycles. The largest absolute Gasteiger partial charge is 0.475 e. The summed E-state index contributed by atoms with van der Waals surface area (Å²) in [5, 5.41) is 16.7. The molecule has 1 aromatic carbocycles. The number of Topliss-reactive ketones (excluding diaryl/α,β-unsaturated/α-hetero) is 1. The van der Waals surface area contributed by atoms with Gasteiger partial charge in [-0.15, -0.1) is 17.9 Å². The maximum atomic E-state index is 14.4. The lowest BCUT2D eigenvalue weighted by molar-refractivity contribution is -0.151. The van der Waals surface area contributed by atoms with Crippen LogP contribution in [-0.4, -0.2) is 86.0 Å². The van der Waals surface area contributed by atoms with E-state index >= 15 is 0 Å². The molecule has 2 saturated carbocycles. The Morgan fingerprint density at radius 1 is 1.02 bits per heavy atom. The second-order valence-electron chi connectivity index (χ2n) is 13.5. The standard InChI is InChI=1S/C37H43N5O8S/c1-2-3-4-5-6-16-27(40-36(48)50-23-12-7-8-13-23)34(45)42-22-24(21-28(42)32(44)41-37(18-19-37)31(43)35(46)47)49-33-30(29-17-11-20-51-29)38-25-14-9-10-15-26(25)39-33/h2,9-11,14-15,17,20,23-24,27-28H,1,3-8,12-13,16,18-19,21-22H2,(H,40,48)(H,41,44)(H,46,47)/t24-,27+,28+/m1/s1. The van der Waals surface area contributed by atoms with Crippen molar-refractivity contribution in [3.05, 3.63) is 54.4 Å². The molecule has 270 valence electrons. The van der Waals surface area contributed by atoms with E-state index in [0.29, 0.717) is 29.6 Å². The molecule has 0 unspecified atom stereocenters. The fourth-order valence-corrected chi connectivity index (χ4v) is 7.54. The van der Waals surface area contributed by atoms with Crippen LogP contribution in [0.5, 0.6) is 5.88 Å². The lowest BCUT2D eigenvalue weighted by atomic mass is 10.0. The number of nitrogens with zero attached hydrogens (tertiary/aromatic N) is 3. The van der Waals surface area contributed by atoms with Gasteiger partial charge in [-0.2, -0.15) is 0 Å². The Labute approximate surface area is 299 Å². The molecule has 2 aliphatic carbocycles. The molecule has 1 aliphatic heterocycles. The number of carbonyl (C=O) groups is 5. The third-order valence-electron chi connectivity index (χ3n) is 9.73. The summed E-state index contributed by atoms with van der Waals surface area (Å²) < 4.78 is 12.1. The summed E-state index contributed by atoms with van der Waals surface area (Å²) in [4.78, 5) is 77.3. The summed E-state index contributed by atoms with van der Waals surface area (Å²) in [5.41, 5.74) is 0.295. The summed E-state index contributed by atoms with van der Waals surface area (Å²) in [6, 6.07) is 9.08. The predicted molar refractivity (Wildman–Crippen MR) is 189 cm³/mol. The van der Waals surface area contributed by atoms with Crippen molar-refractivity contribution in [3.8, 4) is 16.5 Å². The quantitative estimate of drug-likeness (QED) is 0.102. The van der Waals surface area contributed by atoms with E-state index in [1.165, 1.54) is 16.2 Å². The predicted octanol–water partition coefficient (Wildman–Crippen LogP) is 5.18. The zero-order valence-electron chi connectivity index (χ0n) is 28.4. The van der Waals surface area contributed by atoms with Gasteiger partial charge in [0.2, 0.25) is 17.7 Å². The summed E-state index contributed by atoms with van der Waals surface area (Å²) in [7, 11) is 0. The van der Waals surface area contributed by atoms with E-state index in [1.807, 2.05) is 47.9 Å². The van der Waals surface area contributed by atoms with Crippen molar-refractivity contribution in [3.63, 3.8) is 0 Å². The first-order chi connectivity index (χ1) is 24.7. The summed E-state index contributed by atoms with van der Waals surface area (Å²) in [6.07, 6.45) is 7.54. The SMILES string of the molecule is C=CCCCCC[C@H](NC(=O)OC1CCCC1)C(=O)N1C[C@H](Oc2nc3ccccc3nc2-c2cccs2)C[C@H]1C(=O)NC1(C(=O)C(=O)O)CC1. The molecule has 0 radical (unpaired) electrons. The Balaban J connectivity index is 1.27. The third-order valence-corrected chi connectivity index (χ3v) is 10.6. The molecule has 0 spiro atoms. The van der Waals surface area contributed by atoms with Crippen LogP contribution in [0.15, 0.2) is 54.4 Å². The van der Waals surface area contributed by atoms with Gasteiger partial charge < -0.3 is 30.1 Å². The Kier molecular flexibility index (Phi) is 11.3. The van der Waals surface area contributed by atoms with Crippen LogP contribution in [0.25, 0.3) is 21.6 Å². The number of carbonyl (C=O) groups excluding carboxylic acids is 4. The number of rotatable bonds is 16. The summed E-state index contributed by atoms with van der Waals surface area (Å²) >= 11 is 1.47. The molecule has 3 aliphatic rings. The van der Waals surface area contributed by atoms with Gasteiger partial charge in [-0.1, -0.05) is 37.1 Å². The number of thiophene rings is 1. The number of carboxylic acids is 1. The number of unbranched alkanes of at least 4 members (excludes halogenated alkanes) is 3. The number of nitrogens with one attached hydrogen (secondary N) is 2. The van der Waals surface area contributed by atoms with Crippen molar-refractivity contribution < 1.29 is 38.6 Å². The number of amides is 3. The van der Waals surface area contributed by atoms with Crippen LogP contribution < -0.4 is 15.4 Å². The summed E-state index contributed by atoms with van der Waals surface area (Å²) in [6.45, 7) is 3.74. The van der Waals surface area contributed by atoms with Gasteiger partial charge in [0.15, 0.2) is 0 Å². The number of aromatic nitrogens is 2. The minimum Gasteiger partial charge on any atom is -0.475 e. The number of para-hydroxylation sites is 2. The minimum absolute atomic E-state index is 0.0263. The van der Waals surface area contributed by atoms with Gasteiger partial charge in [0.05, 0.1) is 22.5 Å². The van der Waals surface area contributed by atoms with Crippen molar-refractivity contribution in [1.29, 1.82) is 0 Å². The highest BCUT2D eigenvalue weighted by Crippen LogP contribution is 2.38. The first kappa shape index (κ1) is 36.0. The van der Waals surface area contributed by atoms with Crippen LogP contribution in [0, 0.1) is 0 Å². The second-order valence-corrected chi connectivity index (χ2v) is 14.4. The zero-order chi connectivity index (χ0) is 36.0. The molecular weight excluding hydrogens is 675 g/mol. The van der Waals surface area contributed by atoms with Crippen LogP contribution >= 0.6 is 11.3 Å². The maximum Gasteiger partial charge on any atom is 0.408 e. The van der Waals surface area contributed by atoms with Gasteiger partial charge in [0.25, 0.3) is 5.78 Å². The van der Waals surface area contributed by atoms with Crippen LogP contribution in [0.3, 0.4) is 0 Å². The van der Waals surface area contributed by atoms with Crippen LogP contribution in [0.4, 0.5) is 4.79 Å². The molecule has 3 fully saturated rings. The van der Waals surface area contributed by atoms with Crippen LogP contribution in [0.2, 0.25) is 0 Å². The maximum absolute atomic E-state index is 14.4. The molecular formula is C37H43N5O8S. The average Bonchev–Trinajstić information content (AvgIpc) is 3.53. The fraction of sp³-hybridized carbons (Fsp3) is 0.486. The number of likely N-dealkylation sites (tertiary alicyclic amines) is 1. The van der Waals surface area contributed by atoms with Gasteiger partial charge in [-0.05, 0) is 81.4 Å². The first-order valence-electron chi connectivity index (χ1n) is 17.6. The van der Waals surface area contributed by atoms with E-state index in [4.69, 9.17) is 19.4 Å². The molecule has 0 bridgehead atoms. The Morgan fingerprint density at radius 2 is 1.76 bits per heavy atom. The van der Waals surface area contributed by atoms with E-state index in [9.17, 15) is 29.1 Å². The third kappa shape index (κ3) is 8.55. The van der Waals surface area contributed by atoms with E-state index in [0.717, 1.165) is 49.8 Å². The Morgan fingerprint density at radius 3 is 2.43 bits per heavy atom. The van der Waals surface area contributed by atoms with E-state index in [2.05, 4.69) is 17.2 Å². The molecule has 3 aromatic rings. The number of ketones is 1. The van der Waals surface area contributed by atoms with Crippen molar-refractivity contribution in [1.82, 2.24) is 25.5 Å². The van der Waals surface area contributed by atoms with Crippen LogP contribution in [0.1, 0.15) is 77.0 Å². The zero-order valence-corrected chi connectivity index (χ0v) is 29.2. The molecule has 3 atom stereocenters. The van der Waals surface area contributed by atoms with E-state index in [1.54, 1.807) is 0 Å². The molecule has 13 nitrogen and oxygen atoms in total. The van der Waals surface area contributed by atoms with Gasteiger partial charge in [-0.3, -0.25) is 14.4 Å². The Bertz CT molecular complexity index is 1770. The summed E-state index contributed by atoms with van der Waals surface area (Å²) in [5.74, 6) is -3.65. The molecule has 3 N–H and O–H groups in total. The van der Waals surface area contributed by atoms with Gasteiger partial charge in [-0.25, -0.2) is 19.6 Å². The number of fused-ring (bicyclic) bond motifs is 1. The number of ether oxygens (including phenoxy) is 2. The second kappa shape index (κ2) is 16.0. The molecule has 14 heteroatoms. The number of alkyl carbamates (subject to hydrolysis) is 1. The lowest BCUT2D eigenvalue weighted by Gasteiger charge is -2.29. The smallest absolute Gasteiger partial charge is 0.408 e. The lowest BCUT2D eigenvalue weighted by Crippen LogP contribution is -2.56. The monoisotopic (exact) mass is 717 g/mol. The first-order valence-corrected chi connectivity index (χ1v) is 18.5. The van der Waals surface area contributed by atoms with E-state index < -0.39 is 53.4 Å². The van der Waals surface area contributed by atoms with Gasteiger partial charge in [0, 0.05) is 6.42 Å². The highest BCUT2D eigenvalue weighted by molar-refractivity contribution is 7.13. The van der Waals surface area contributed by atoms with Gasteiger partial charge >= 0.3 is 12.1 Å². The van der Waals surface area contributed by atoms with Crippen molar-refractivity contribution >= 4 is 52.0 Å². The number of allylic oxidation sites excluding steroid dienone is 1. The average molecular weight is 718 g/mol. The number of aliphatic carboxylic acids is 1. The van der Waals surface area contributed by atoms with Crippen molar-refractivity contribution in [2.45, 2.75) is 107 Å². The minimum atomic E-state index is -1.63. The Hall–Kier alpha value is -4.85. The van der Waals surface area contributed by atoms with Crippen molar-refractivity contribution in [2.75, 3.05) is 6.54 Å². The highest BCUT2D eigenvalue weighted by atomic mass is 32.1. The van der Waals surface area contributed by atoms with Gasteiger partial charge in [0.1, 0.15) is 35.5 Å². The number of benzene rings is 1. The van der Waals surface area contributed by atoms with Crippen molar-refractivity contribution in [2.24, 2.45) is 0 Å². The fourth-order valence-electron chi connectivity index (χ4n) is 6.84. The molecule has 1 saturated heterocycles. The topological polar surface area (TPSA) is 177 Å². The highest BCUT2D eigenvalue weighted by Gasteiger charge is 2.55. The number of carboxylic acid groups (broad SMARTS) is 1. The number of hydrogen-bond donors (Lipinski definition) is 3. The van der Waals surface area contributed by atoms with E-state index in [-0.39, 0.29) is 37.8 Å². The van der Waals surface area contributed by atoms with Crippen LogP contribution in [-0.2, 0) is 23.9 Å². The molecule has 2 aromatic heterocycles. The molecule has 51 heavy (non-hydrogen) atoms. The molecule has 3 amide bonds.